The number of rotatable bonds is 45. The lowest BCUT2D eigenvalue weighted by Crippen LogP contribution is -2.32. The summed E-state index contributed by atoms with van der Waals surface area (Å²) in [5.41, 5.74) is 0. The van der Waals surface area contributed by atoms with Crippen LogP contribution in [0.3, 0.4) is 0 Å². The molecule has 3 unspecified atom stereocenters. The third-order valence-corrected chi connectivity index (χ3v) is 13.5. The van der Waals surface area contributed by atoms with Crippen molar-refractivity contribution in [3.63, 3.8) is 0 Å². The van der Waals surface area contributed by atoms with Gasteiger partial charge < -0.3 is 19.5 Å². The van der Waals surface area contributed by atoms with Gasteiger partial charge >= 0.3 is 11.9 Å². The summed E-state index contributed by atoms with van der Waals surface area (Å²) in [6.45, 7) is 10.3. The van der Waals surface area contributed by atoms with E-state index in [9.17, 15) is 14.7 Å². The van der Waals surface area contributed by atoms with Gasteiger partial charge in [-0.05, 0) is 102 Å². The van der Waals surface area contributed by atoms with Gasteiger partial charge in [-0.2, -0.15) is 23.5 Å². The molecule has 0 bridgehead atoms. The fraction of sp³-hybridized carbons (Fsp3) is 0.958. The Morgan fingerprint density at radius 2 is 0.857 bits per heavy atom. The highest BCUT2D eigenvalue weighted by Crippen LogP contribution is 2.22. The van der Waals surface area contributed by atoms with Gasteiger partial charge in [-0.3, -0.25) is 9.59 Å². The molecule has 3 atom stereocenters. The molecular formula is C48H95NO5S2. The number of ether oxygens (including phenoxy) is 2. The van der Waals surface area contributed by atoms with Crippen molar-refractivity contribution in [1.29, 1.82) is 0 Å². The van der Waals surface area contributed by atoms with Gasteiger partial charge in [0.2, 0.25) is 0 Å². The first-order chi connectivity index (χ1) is 27.4. The molecule has 0 heterocycles. The van der Waals surface area contributed by atoms with Gasteiger partial charge in [0.1, 0.15) is 12.2 Å². The third-order valence-electron chi connectivity index (χ3n) is 11.1. The predicted molar refractivity (Wildman–Crippen MR) is 248 cm³/mol. The zero-order valence-electron chi connectivity index (χ0n) is 37.9. The van der Waals surface area contributed by atoms with Crippen LogP contribution in [0.1, 0.15) is 233 Å². The molecule has 56 heavy (non-hydrogen) atoms. The van der Waals surface area contributed by atoms with Crippen LogP contribution in [0.2, 0.25) is 0 Å². The maximum Gasteiger partial charge on any atom is 0.306 e. The van der Waals surface area contributed by atoms with E-state index in [4.69, 9.17) is 9.47 Å². The number of esters is 2. The summed E-state index contributed by atoms with van der Waals surface area (Å²) in [6.07, 6.45) is 36.6. The van der Waals surface area contributed by atoms with Crippen molar-refractivity contribution in [3.8, 4) is 0 Å². The molecule has 0 aliphatic rings. The molecular weight excluding hydrogens is 735 g/mol. The molecule has 0 rings (SSSR count). The molecule has 0 aromatic carbocycles. The van der Waals surface area contributed by atoms with Gasteiger partial charge in [0.25, 0.3) is 0 Å². The number of nitrogens with zero attached hydrogens (tertiary/aromatic N) is 1. The van der Waals surface area contributed by atoms with Crippen molar-refractivity contribution in [3.05, 3.63) is 0 Å². The van der Waals surface area contributed by atoms with E-state index in [-0.39, 0.29) is 30.8 Å². The second kappa shape index (κ2) is 44.1. The standard InChI is InChI=1S/C48H95NO5S2/c1-6-10-14-18-19-27-37-48(52)54-46(35-25-16-12-8-3)43-56-41-31-21-23-33-44(49(5)38-28-29-39-50)32-22-20-30-40-55-42-45(34-24-15-11-7-2)53-47(51)36-26-17-13-9-4/h44-46,50H,6-43H2,1-5H3. The number of hydrogen-bond donors (Lipinski definition) is 1. The minimum absolute atomic E-state index is 0.00791. The summed E-state index contributed by atoms with van der Waals surface area (Å²) < 4.78 is 12.0. The van der Waals surface area contributed by atoms with Crippen molar-refractivity contribution >= 4 is 35.5 Å². The van der Waals surface area contributed by atoms with Crippen molar-refractivity contribution in [2.24, 2.45) is 0 Å². The van der Waals surface area contributed by atoms with Gasteiger partial charge in [0.15, 0.2) is 0 Å². The molecule has 0 aliphatic carbocycles. The number of unbranched alkanes of at least 4 members (excludes halogenated alkanes) is 19. The minimum Gasteiger partial charge on any atom is -0.461 e. The maximum absolute atomic E-state index is 12.6. The Morgan fingerprint density at radius 1 is 0.482 bits per heavy atom. The number of thioether (sulfide) groups is 2. The second-order valence-corrected chi connectivity index (χ2v) is 19.0. The quantitative estimate of drug-likeness (QED) is 0.0480. The molecule has 0 aromatic heterocycles. The summed E-state index contributed by atoms with van der Waals surface area (Å²) >= 11 is 3.96. The Balaban J connectivity index is 4.59. The average molecular weight is 830 g/mol. The van der Waals surface area contributed by atoms with Crippen LogP contribution in [-0.2, 0) is 19.1 Å². The number of aliphatic hydroxyl groups excluding tert-OH is 1. The van der Waals surface area contributed by atoms with Crippen LogP contribution in [0.25, 0.3) is 0 Å². The van der Waals surface area contributed by atoms with Crippen LogP contribution in [-0.4, -0.2) is 83.4 Å². The van der Waals surface area contributed by atoms with E-state index in [0.29, 0.717) is 18.9 Å². The topological polar surface area (TPSA) is 76.1 Å². The first-order valence-electron chi connectivity index (χ1n) is 24.3. The Kier molecular flexibility index (Phi) is 43.8. The minimum atomic E-state index is 0.00791. The van der Waals surface area contributed by atoms with Gasteiger partial charge in [-0.1, -0.05) is 143 Å². The van der Waals surface area contributed by atoms with Crippen molar-refractivity contribution in [2.45, 2.75) is 251 Å². The number of hydrogen-bond acceptors (Lipinski definition) is 8. The molecule has 0 saturated heterocycles. The maximum atomic E-state index is 12.6. The normalized spacial score (nSPS) is 13.3. The van der Waals surface area contributed by atoms with Gasteiger partial charge in [-0.15, -0.1) is 0 Å². The lowest BCUT2D eigenvalue weighted by Gasteiger charge is -2.28. The highest BCUT2D eigenvalue weighted by atomic mass is 32.2. The van der Waals surface area contributed by atoms with Crippen LogP contribution >= 0.6 is 23.5 Å². The van der Waals surface area contributed by atoms with E-state index in [1.807, 2.05) is 23.5 Å². The number of carbonyl (C=O) groups is 2. The van der Waals surface area contributed by atoms with Crippen LogP contribution < -0.4 is 0 Å². The molecule has 0 spiro atoms. The lowest BCUT2D eigenvalue weighted by atomic mass is 10.0. The number of carbonyl (C=O) groups excluding carboxylic acids is 2. The van der Waals surface area contributed by atoms with E-state index < -0.39 is 0 Å². The summed E-state index contributed by atoms with van der Waals surface area (Å²) in [4.78, 5) is 27.7. The van der Waals surface area contributed by atoms with E-state index in [1.165, 1.54) is 128 Å². The fourth-order valence-electron chi connectivity index (χ4n) is 7.38. The van der Waals surface area contributed by atoms with E-state index >= 15 is 0 Å². The highest BCUT2D eigenvalue weighted by Gasteiger charge is 2.17. The van der Waals surface area contributed by atoms with Crippen molar-refractivity contribution in [2.75, 3.05) is 43.2 Å². The SMILES string of the molecule is CCCCCCCCC(=O)OC(CCCCCC)CSCCCCCC(CCCCCSCC(CCCCCC)OC(=O)CCCCCC)N(C)CCCCO. The molecule has 0 fully saturated rings. The summed E-state index contributed by atoms with van der Waals surface area (Å²) in [6, 6.07) is 0.608. The molecule has 6 nitrogen and oxygen atoms in total. The summed E-state index contributed by atoms with van der Waals surface area (Å²) in [7, 11) is 2.29. The zero-order valence-corrected chi connectivity index (χ0v) is 39.6. The van der Waals surface area contributed by atoms with Crippen LogP contribution in [0, 0.1) is 0 Å². The third kappa shape index (κ3) is 37.8. The largest absolute Gasteiger partial charge is 0.461 e. The average Bonchev–Trinajstić information content (AvgIpc) is 3.19. The van der Waals surface area contributed by atoms with E-state index in [0.717, 1.165) is 93.8 Å². The van der Waals surface area contributed by atoms with Crippen LogP contribution in [0.5, 0.6) is 0 Å². The number of aliphatic hydroxyl groups is 1. The molecule has 0 amide bonds. The smallest absolute Gasteiger partial charge is 0.306 e. The monoisotopic (exact) mass is 830 g/mol. The molecule has 0 aliphatic heterocycles. The molecule has 0 aromatic rings. The van der Waals surface area contributed by atoms with Crippen LogP contribution in [0.4, 0.5) is 0 Å². The molecule has 1 N–H and O–H groups in total. The van der Waals surface area contributed by atoms with Gasteiger partial charge in [0, 0.05) is 37.0 Å². The first kappa shape index (κ1) is 55.6. The molecule has 0 saturated carbocycles. The predicted octanol–water partition coefficient (Wildman–Crippen LogP) is 14.1. The Hall–Kier alpha value is -0.440. The van der Waals surface area contributed by atoms with Crippen molar-refractivity contribution in [1.82, 2.24) is 4.90 Å². The Labute approximate surface area is 357 Å². The van der Waals surface area contributed by atoms with E-state index in [1.54, 1.807) is 0 Å². The fourth-order valence-corrected chi connectivity index (χ4v) is 9.52. The van der Waals surface area contributed by atoms with Gasteiger partial charge in [0.05, 0.1) is 0 Å². The molecule has 8 heteroatoms. The Bertz CT molecular complexity index is 833. The highest BCUT2D eigenvalue weighted by molar-refractivity contribution is 7.99. The van der Waals surface area contributed by atoms with Crippen molar-refractivity contribution < 1.29 is 24.2 Å². The Morgan fingerprint density at radius 3 is 1.30 bits per heavy atom. The second-order valence-electron chi connectivity index (χ2n) is 16.7. The summed E-state index contributed by atoms with van der Waals surface area (Å²) in [5, 5.41) is 9.34. The summed E-state index contributed by atoms with van der Waals surface area (Å²) in [5.74, 6) is 4.19. The lowest BCUT2D eigenvalue weighted by molar-refractivity contribution is -0.149. The van der Waals surface area contributed by atoms with Gasteiger partial charge in [-0.25, -0.2) is 0 Å². The van der Waals surface area contributed by atoms with Crippen LogP contribution in [0.15, 0.2) is 0 Å². The zero-order chi connectivity index (χ0) is 41.2. The first-order valence-corrected chi connectivity index (χ1v) is 26.6. The van der Waals surface area contributed by atoms with E-state index in [2.05, 4.69) is 39.6 Å². The molecule has 0 radical (unpaired) electrons. The molecule has 334 valence electrons.